The van der Waals surface area contributed by atoms with Crippen LogP contribution in [0.4, 0.5) is 64.1 Å². The molecule has 0 aliphatic carbocycles. The van der Waals surface area contributed by atoms with Crippen LogP contribution in [0.25, 0.3) is 0 Å². The first-order chi connectivity index (χ1) is 14.8. The Balaban J connectivity index is 2.47. The number of benzene rings is 2. The van der Waals surface area contributed by atoms with Crippen LogP contribution in [0.3, 0.4) is 0 Å². The third kappa shape index (κ3) is 10.2. The molecule has 17 heteroatoms. The van der Waals surface area contributed by atoms with Gasteiger partial charge in [0.2, 0.25) is 0 Å². The second-order valence-corrected chi connectivity index (χ2v) is 5.70. The fourth-order valence-corrected chi connectivity index (χ4v) is 2.22. The van der Waals surface area contributed by atoms with Gasteiger partial charge in [0, 0.05) is 47.8 Å². The van der Waals surface area contributed by atoms with Gasteiger partial charge >= 0.3 is 25.4 Å². The average Bonchev–Trinajstić information content (AvgIpc) is 2.46. The minimum absolute atomic E-state index is 0.188. The van der Waals surface area contributed by atoms with Crippen LogP contribution in [0.15, 0.2) is 36.4 Å². The lowest BCUT2D eigenvalue weighted by Crippen LogP contribution is -2.19. The maximum Gasteiger partial charge on any atom is 0.573 e. The van der Waals surface area contributed by atoms with E-state index in [-0.39, 0.29) is 12.1 Å². The van der Waals surface area contributed by atoms with Gasteiger partial charge in [-0.15, -0.1) is 52.7 Å². The molecule has 0 unspecified atom stereocenters. The summed E-state index contributed by atoms with van der Waals surface area (Å²) in [6.45, 7) is 0. The van der Waals surface area contributed by atoms with Gasteiger partial charge in [-0.1, -0.05) is 0 Å². The van der Waals surface area contributed by atoms with Crippen LogP contribution in [0.2, 0.25) is 0 Å². The van der Waals surface area contributed by atoms with Crippen molar-refractivity contribution in [1.82, 2.24) is 0 Å². The zero-order chi connectivity index (χ0) is 25.2. The molecule has 2 aromatic carbocycles. The molecule has 0 heterocycles. The normalized spacial score (nSPS) is 12.8. The van der Waals surface area contributed by atoms with E-state index in [0.29, 0.717) is 24.3 Å². The van der Waals surface area contributed by atoms with Gasteiger partial charge in [0.1, 0.15) is 23.0 Å². The summed E-state index contributed by atoms with van der Waals surface area (Å²) in [4.78, 5) is 0. The van der Waals surface area contributed by atoms with Crippen LogP contribution >= 0.6 is 0 Å². The van der Waals surface area contributed by atoms with Crippen LogP contribution in [0.1, 0.15) is 0 Å². The van der Waals surface area contributed by atoms with Gasteiger partial charge in [-0.05, 0) is 0 Å². The van der Waals surface area contributed by atoms with E-state index in [9.17, 15) is 52.7 Å². The van der Waals surface area contributed by atoms with Crippen molar-refractivity contribution >= 4 is 11.4 Å². The Labute approximate surface area is 174 Å². The maximum atomic E-state index is 12.4. The lowest BCUT2D eigenvalue weighted by molar-refractivity contribution is -0.278. The molecular formula is C16H7F12NO4. The van der Waals surface area contributed by atoms with E-state index in [1.165, 1.54) is 0 Å². The fraction of sp³-hybridized carbons (Fsp3) is 0.250. The van der Waals surface area contributed by atoms with Gasteiger partial charge in [0.15, 0.2) is 0 Å². The Hall–Kier alpha value is -3.40. The molecule has 1 N–H and O–H groups in total. The minimum atomic E-state index is -5.36. The monoisotopic (exact) mass is 505 g/mol. The second-order valence-electron chi connectivity index (χ2n) is 5.70. The molecule has 33 heavy (non-hydrogen) atoms. The largest absolute Gasteiger partial charge is 0.573 e. The molecule has 0 bridgehead atoms. The van der Waals surface area contributed by atoms with Crippen molar-refractivity contribution in [2.24, 2.45) is 0 Å². The molecule has 0 saturated heterocycles. The van der Waals surface area contributed by atoms with Crippen LogP contribution < -0.4 is 24.3 Å². The average molecular weight is 505 g/mol. The molecule has 0 radical (unpaired) electrons. The molecule has 2 aromatic rings. The Morgan fingerprint density at radius 1 is 0.394 bits per heavy atom. The quantitative estimate of drug-likeness (QED) is 0.428. The van der Waals surface area contributed by atoms with E-state index < -0.39 is 59.8 Å². The van der Waals surface area contributed by atoms with E-state index in [1.54, 1.807) is 0 Å². The standard InChI is InChI=1S/C16H7F12NO4/c17-13(18,19)30-9-1-7(2-10(5-9)31-14(20,21)22)29-8-3-11(32-15(23,24)25)6-12(4-8)33-16(26,27)28/h1-6,29H. The predicted octanol–water partition coefficient (Wildman–Crippen LogP) is 7.02. The summed E-state index contributed by atoms with van der Waals surface area (Å²) in [5, 5.41) is 2.02. The van der Waals surface area contributed by atoms with Crippen LogP contribution in [-0.4, -0.2) is 25.4 Å². The summed E-state index contributed by atoms with van der Waals surface area (Å²) in [5.41, 5.74) is -1.42. The van der Waals surface area contributed by atoms with Crippen molar-refractivity contribution < 1.29 is 71.6 Å². The Morgan fingerprint density at radius 2 is 0.606 bits per heavy atom. The highest BCUT2D eigenvalue weighted by atomic mass is 19.4. The highest BCUT2D eigenvalue weighted by Gasteiger charge is 2.35. The van der Waals surface area contributed by atoms with E-state index in [1.807, 2.05) is 5.32 Å². The number of hydrogen-bond acceptors (Lipinski definition) is 5. The lowest BCUT2D eigenvalue weighted by atomic mass is 10.2. The number of nitrogens with one attached hydrogen (secondary N) is 1. The number of hydrogen-bond donors (Lipinski definition) is 1. The molecule has 0 saturated carbocycles. The van der Waals surface area contributed by atoms with Crippen molar-refractivity contribution in [1.29, 1.82) is 0 Å². The van der Waals surface area contributed by atoms with Crippen molar-refractivity contribution in [2.75, 3.05) is 5.32 Å². The van der Waals surface area contributed by atoms with Gasteiger partial charge < -0.3 is 24.3 Å². The smallest absolute Gasteiger partial charge is 0.406 e. The first-order valence-electron chi connectivity index (χ1n) is 7.86. The summed E-state index contributed by atoms with van der Waals surface area (Å²) < 4.78 is 163. The molecule has 2 rings (SSSR count). The third-order valence-electron chi connectivity index (χ3n) is 2.98. The number of anilines is 2. The lowest BCUT2D eigenvalue weighted by Gasteiger charge is -2.17. The van der Waals surface area contributed by atoms with Crippen molar-refractivity contribution in [3.05, 3.63) is 36.4 Å². The summed E-state index contributed by atoms with van der Waals surface area (Å²) in [5.74, 6) is -5.00. The Morgan fingerprint density at radius 3 is 0.788 bits per heavy atom. The molecule has 5 nitrogen and oxygen atoms in total. The first-order valence-corrected chi connectivity index (χ1v) is 7.86. The van der Waals surface area contributed by atoms with Gasteiger partial charge in [-0.3, -0.25) is 0 Å². The number of rotatable bonds is 6. The Bertz CT molecular complexity index is 820. The van der Waals surface area contributed by atoms with Crippen LogP contribution in [0, 0.1) is 0 Å². The zero-order valence-corrected chi connectivity index (χ0v) is 15.1. The van der Waals surface area contributed by atoms with E-state index in [0.717, 1.165) is 0 Å². The molecular weight excluding hydrogens is 498 g/mol. The van der Waals surface area contributed by atoms with Gasteiger partial charge in [0.25, 0.3) is 0 Å². The zero-order valence-electron chi connectivity index (χ0n) is 15.1. The fourth-order valence-electron chi connectivity index (χ4n) is 2.22. The van der Waals surface area contributed by atoms with Crippen molar-refractivity contribution in [3.8, 4) is 23.0 Å². The second kappa shape index (κ2) is 8.86. The first kappa shape index (κ1) is 25.9. The van der Waals surface area contributed by atoms with Gasteiger partial charge in [-0.2, -0.15) is 0 Å². The SMILES string of the molecule is FC(F)(F)Oc1cc(Nc2cc(OC(F)(F)F)cc(OC(F)(F)F)c2)cc(OC(F)(F)F)c1. The Kier molecular flexibility index (Phi) is 6.94. The maximum absolute atomic E-state index is 12.4. The van der Waals surface area contributed by atoms with Gasteiger partial charge in [-0.25, -0.2) is 0 Å². The molecule has 0 aliphatic rings. The number of halogens is 12. The van der Waals surface area contributed by atoms with Crippen LogP contribution in [-0.2, 0) is 0 Å². The topological polar surface area (TPSA) is 49.0 Å². The molecule has 0 amide bonds. The third-order valence-corrected chi connectivity index (χ3v) is 2.98. The number of alkyl halides is 12. The van der Waals surface area contributed by atoms with Gasteiger partial charge in [0.05, 0.1) is 0 Å². The van der Waals surface area contributed by atoms with Crippen molar-refractivity contribution in [2.45, 2.75) is 25.4 Å². The summed E-state index contributed by atoms with van der Waals surface area (Å²) in [6.07, 6.45) is -21.4. The molecule has 0 aromatic heterocycles. The molecule has 184 valence electrons. The summed E-state index contributed by atoms with van der Waals surface area (Å²) >= 11 is 0. The molecule has 0 atom stereocenters. The van der Waals surface area contributed by atoms with Crippen molar-refractivity contribution in [3.63, 3.8) is 0 Å². The summed E-state index contributed by atoms with van der Waals surface area (Å²) in [7, 11) is 0. The van der Waals surface area contributed by atoms with E-state index in [2.05, 4.69) is 18.9 Å². The molecule has 0 spiro atoms. The van der Waals surface area contributed by atoms with Crippen LogP contribution in [0.5, 0.6) is 23.0 Å². The minimum Gasteiger partial charge on any atom is -0.406 e. The van der Waals surface area contributed by atoms with E-state index >= 15 is 0 Å². The molecule has 0 aliphatic heterocycles. The summed E-state index contributed by atoms with van der Waals surface area (Å²) in [6, 6.07) is 2.15. The number of ether oxygens (including phenoxy) is 4. The predicted molar refractivity (Wildman–Crippen MR) is 82.9 cm³/mol. The molecule has 0 fully saturated rings. The van der Waals surface area contributed by atoms with E-state index in [4.69, 9.17) is 0 Å². The highest BCUT2D eigenvalue weighted by Crippen LogP contribution is 2.37. The highest BCUT2D eigenvalue weighted by molar-refractivity contribution is 5.66.